The molecule has 0 bridgehead atoms. The van der Waals surface area contributed by atoms with Crippen LogP contribution >= 0.6 is 0 Å². The molecule has 3 nitrogen and oxygen atoms in total. The van der Waals surface area contributed by atoms with Gasteiger partial charge in [0.25, 0.3) is 0 Å². The third-order valence-electron chi connectivity index (χ3n) is 4.95. The number of hydrogen-bond acceptors (Lipinski definition) is 3. The van der Waals surface area contributed by atoms with Crippen molar-refractivity contribution in [1.29, 1.82) is 0 Å². The molecule has 0 aromatic heterocycles. The van der Waals surface area contributed by atoms with E-state index in [9.17, 15) is 9.90 Å². The second-order valence-electron chi connectivity index (χ2n) is 6.42. The first-order chi connectivity index (χ1) is 10.7. The number of methoxy groups -OCH3 is 1. The lowest BCUT2D eigenvalue weighted by Crippen LogP contribution is -2.33. The molecule has 3 unspecified atom stereocenters. The van der Waals surface area contributed by atoms with Gasteiger partial charge in [0.05, 0.1) is 13.2 Å². The molecular weight excluding hydrogens is 276 g/mol. The van der Waals surface area contributed by atoms with Gasteiger partial charge in [-0.3, -0.25) is 4.79 Å². The van der Waals surface area contributed by atoms with Gasteiger partial charge in [-0.15, -0.1) is 0 Å². The molecule has 122 valence electrons. The number of aliphatic hydroxyl groups excluding tert-OH is 1. The summed E-state index contributed by atoms with van der Waals surface area (Å²) < 4.78 is 5.00. The van der Waals surface area contributed by atoms with Gasteiger partial charge in [-0.05, 0) is 18.4 Å². The number of carbonyl (C=O) groups excluding carboxylic acids is 1. The summed E-state index contributed by atoms with van der Waals surface area (Å²) in [7, 11) is 1.42. The maximum atomic E-state index is 12.3. The average Bonchev–Trinajstić information content (AvgIpc) is 3.31. The summed E-state index contributed by atoms with van der Waals surface area (Å²) in [6.07, 6.45) is 6.53. The molecule has 0 saturated heterocycles. The topological polar surface area (TPSA) is 46.5 Å². The Kier molecular flexibility index (Phi) is 6.01. The molecule has 3 atom stereocenters. The van der Waals surface area contributed by atoms with Crippen molar-refractivity contribution >= 4 is 5.97 Å². The minimum atomic E-state index is -0.721. The first-order valence-electron chi connectivity index (χ1n) is 8.48. The Hall–Kier alpha value is -1.35. The van der Waals surface area contributed by atoms with Gasteiger partial charge in [0.2, 0.25) is 0 Å². The Balaban J connectivity index is 1.98. The molecular formula is C19H28O3. The Morgan fingerprint density at radius 1 is 1.27 bits per heavy atom. The monoisotopic (exact) mass is 304 g/mol. The molecule has 1 aliphatic carbocycles. The summed E-state index contributed by atoms with van der Waals surface area (Å²) >= 11 is 0. The highest BCUT2D eigenvalue weighted by atomic mass is 16.5. The van der Waals surface area contributed by atoms with Crippen LogP contribution < -0.4 is 0 Å². The maximum absolute atomic E-state index is 12.3. The largest absolute Gasteiger partial charge is 0.468 e. The third-order valence-corrected chi connectivity index (χ3v) is 4.95. The smallest absolute Gasteiger partial charge is 0.315 e. The van der Waals surface area contributed by atoms with Crippen LogP contribution in [0.15, 0.2) is 30.3 Å². The third kappa shape index (κ3) is 3.52. The SMILES string of the molecule is CCCCCCCC(O)C1(C(=O)OC)CC1c1ccccc1. The molecule has 0 heterocycles. The molecule has 1 saturated carbocycles. The van der Waals surface area contributed by atoms with Crippen molar-refractivity contribution in [2.75, 3.05) is 7.11 Å². The van der Waals surface area contributed by atoms with E-state index in [0.717, 1.165) is 18.4 Å². The number of rotatable bonds is 9. The number of hydrogen-bond donors (Lipinski definition) is 1. The molecule has 1 N–H and O–H groups in total. The van der Waals surface area contributed by atoms with Crippen molar-refractivity contribution < 1.29 is 14.6 Å². The summed E-state index contributed by atoms with van der Waals surface area (Å²) in [6, 6.07) is 9.99. The molecule has 0 amide bonds. The van der Waals surface area contributed by atoms with Crippen molar-refractivity contribution in [2.45, 2.75) is 63.9 Å². The van der Waals surface area contributed by atoms with Crippen molar-refractivity contribution in [1.82, 2.24) is 0 Å². The summed E-state index contributed by atoms with van der Waals surface area (Å²) in [5.74, 6) is -0.172. The van der Waals surface area contributed by atoms with Gasteiger partial charge in [-0.1, -0.05) is 69.4 Å². The average molecular weight is 304 g/mol. The zero-order chi connectivity index (χ0) is 16.0. The van der Waals surface area contributed by atoms with E-state index in [0.29, 0.717) is 12.8 Å². The van der Waals surface area contributed by atoms with E-state index in [1.165, 1.54) is 26.4 Å². The van der Waals surface area contributed by atoms with E-state index < -0.39 is 11.5 Å². The Bertz CT molecular complexity index is 471. The number of ether oxygens (including phenoxy) is 1. The predicted molar refractivity (Wildman–Crippen MR) is 87.6 cm³/mol. The summed E-state index contributed by atoms with van der Waals surface area (Å²) in [5, 5.41) is 10.6. The highest BCUT2D eigenvalue weighted by molar-refractivity contribution is 5.83. The standard InChI is InChI=1S/C19H28O3/c1-3-4-5-6-10-13-17(20)19(18(21)22-2)14-16(19)15-11-8-7-9-12-15/h7-9,11-12,16-17,20H,3-6,10,13-14H2,1-2H3. The minimum absolute atomic E-state index is 0.0896. The molecule has 1 aliphatic rings. The first-order valence-corrected chi connectivity index (χ1v) is 8.48. The molecule has 22 heavy (non-hydrogen) atoms. The van der Waals surface area contributed by atoms with E-state index in [-0.39, 0.29) is 11.9 Å². The fraction of sp³-hybridized carbons (Fsp3) is 0.632. The van der Waals surface area contributed by atoms with Crippen LogP contribution in [0.25, 0.3) is 0 Å². The number of carbonyl (C=O) groups is 1. The Morgan fingerprint density at radius 2 is 1.95 bits per heavy atom. The normalized spacial score (nSPS) is 24.8. The number of benzene rings is 1. The lowest BCUT2D eigenvalue weighted by atomic mass is 9.89. The first kappa shape index (κ1) is 17.0. The molecule has 0 spiro atoms. The van der Waals surface area contributed by atoms with E-state index in [2.05, 4.69) is 6.92 Å². The zero-order valence-corrected chi connectivity index (χ0v) is 13.8. The number of esters is 1. The molecule has 2 rings (SSSR count). The van der Waals surface area contributed by atoms with Gasteiger partial charge < -0.3 is 9.84 Å². The molecule has 0 aliphatic heterocycles. The fourth-order valence-corrected chi connectivity index (χ4v) is 3.50. The van der Waals surface area contributed by atoms with Crippen LogP contribution in [-0.2, 0) is 9.53 Å². The van der Waals surface area contributed by atoms with E-state index in [1.54, 1.807) is 0 Å². The van der Waals surface area contributed by atoms with Crippen LogP contribution in [0.4, 0.5) is 0 Å². The van der Waals surface area contributed by atoms with Crippen molar-refractivity contribution in [2.24, 2.45) is 5.41 Å². The second-order valence-corrected chi connectivity index (χ2v) is 6.42. The molecule has 0 radical (unpaired) electrons. The quantitative estimate of drug-likeness (QED) is 0.553. The summed E-state index contributed by atoms with van der Waals surface area (Å²) in [6.45, 7) is 2.19. The van der Waals surface area contributed by atoms with Crippen LogP contribution in [0.3, 0.4) is 0 Å². The Morgan fingerprint density at radius 3 is 2.59 bits per heavy atom. The summed E-state index contributed by atoms with van der Waals surface area (Å²) in [5.41, 5.74) is 0.402. The molecule has 1 fully saturated rings. The highest BCUT2D eigenvalue weighted by Crippen LogP contribution is 2.62. The van der Waals surface area contributed by atoms with Crippen molar-refractivity contribution in [3.8, 4) is 0 Å². The van der Waals surface area contributed by atoms with Crippen molar-refractivity contribution in [3.63, 3.8) is 0 Å². The van der Waals surface area contributed by atoms with Crippen LogP contribution in [0.1, 0.15) is 63.4 Å². The number of unbranched alkanes of at least 4 members (excludes halogenated alkanes) is 4. The lowest BCUT2D eigenvalue weighted by molar-refractivity contribution is -0.152. The van der Waals surface area contributed by atoms with E-state index >= 15 is 0 Å². The molecule has 1 aromatic carbocycles. The van der Waals surface area contributed by atoms with Gasteiger partial charge in [-0.2, -0.15) is 0 Å². The maximum Gasteiger partial charge on any atom is 0.315 e. The van der Waals surface area contributed by atoms with Crippen LogP contribution in [0.5, 0.6) is 0 Å². The van der Waals surface area contributed by atoms with Crippen molar-refractivity contribution in [3.05, 3.63) is 35.9 Å². The van der Waals surface area contributed by atoms with Crippen LogP contribution in [-0.4, -0.2) is 24.3 Å². The molecule has 3 heteroatoms. The van der Waals surface area contributed by atoms with E-state index in [4.69, 9.17) is 4.74 Å². The van der Waals surface area contributed by atoms with E-state index in [1.807, 2.05) is 30.3 Å². The minimum Gasteiger partial charge on any atom is -0.468 e. The van der Waals surface area contributed by atoms with Crippen LogP contribution in [0.2, 0.25) is 0 Å². The fourth-order valence-electron chi connectivity index (χ4n) is 3.50. The second kappa shape index (κ2) is 7.77. The van der Waals surface area contributed by atoms with Crippen LogP contribution in [0, 0.1) is 5.41 Å². The summed E-state index contributed by atoms with van der Waals surface area (Å²) in [4.78, 5) is 12.3. The van der Waals surface area contributed by atoms with Gasteiger partial charge in [-0.25, -0.2) is 0 Å². The number of aliphatic hydroxyl groups is 1. The van der Waals surface area contributed by atoms with Gasteiger partial charge in [0.15, 0.2) is 0 Å². The Labute approximate surface area is 133 Å². The highest BCUT2D eigenvalue weighted by Gasteiger charge is 2.65. The molecule has 1 aromatic rings. The van der Waals surface area contributed by atoms with Gasteiger partial charge >= 0.3 is 5.97 Å². The lowest BCUT2D eigenvalue weighted by Gasteiger charge is -2.22. The van der Waals surface area contributed by atoms with Gasteiger partial charge in [0.1, 0.15) is 5.41 Å². The van der Waals surface area contributed by atoms with Gasteiger partial charge in [0, 0.05) is 5.92 Å². The zero-order valence-electron chi connectivity index (χ0n) is 13.8. The predicted octanol–water partition coefficient (Wildman–Crippen LogP) is 4.05.